The number of aromatic amines is 1. The molecule has 184 valence electrons. The quantitative estimate of drug-likeness (QED) is 0.320. The summed E-state index contributed by atoms with van der Waals surface area (Å²) in [4.78, 5) is 34.4. The molecule has 6 rings (SSSR count). The predicted molar refractivity (Wildman–Crippen MR) is 135 cm³/mol. The molecule has 2 N–H and O–H groups in total. The molecule has 10 heteroatoms. The second-order valence-electron chi connectivity index (χ2n) is 8.16. The van der Waals surface area contributed by atoms with Crippen molar-refractivity contribution in [1.29, 1.82) is 0 Å². The van der Waals surface area contributed by atoms with Crippen LogP contribution in [0, 0.1) is 0 Å². The summed E-state index contributed by atoms with van der Waals surface area (Å²) in [5.74, 6) is 1.47. The standard InChI is InChI=1S/C27H18ClN3O6/c28-16-6-8-18-19(12-16)30-24(26-29-10-11-34-26)22(25(18)32)23(15-4-2-1-3-5-15)31-27(33)37-17-7-9-20-21(13-17)36-14-35-20/h1-13,23H,14H2,(H,30,32)(H,31,33). The van der Waals surface area contributed by atoms with Gasteiger partial charge in [-0.05, 0) is 35.9 Å². The fourth-order valence-electron chi connectivity index (χ4n) is 4.23. The highest BCUT2D eigenvalue weighted by molar-refractivity contribution is 6.31. The first-order valence-corrected chi connectivity index (χ1v) is 11.6. The van der Waals surface area contributed by atoms with E-state index >= 15 is 0 Å². The lowest BCUT2D eigenvalue weighted by Gasteiger charge is -2.21. The lowest BCUT2D eigenvalue weighted by Crippen LogP contribution is -2.35. The molecule has 9 nitrogen and oxygen atoms in total. The number of hydrogen-bond donors (Lipinski definition) is 2. The van der Waals surface area contributed by atoms with Crippen molar-refractivity contribution in [2.75, 3.05) is 6.79 Å². The molecule has 0 fully saturated rings. The Bertz CT molecular complexity index is 1670. The minimum atomic E-state index is -0.909. The Morgan fingerprint density at radius 3 is 2.70 bits per heavy atom. The van der Waals surface area contributed by atoms with Crippen molar-refractivity contribution in [3.8, 4) is 28.8 Å². The van der Waals surface area contributed by atoms with E-state index in [4.69, 9.17) is 30.2 Å². The fourth-order valence-corrected chi connectivity index (χ4v) is 4.40. The van der Waals surface area contributed by atoms with Gasteiger partial charge in [-0.2, -0.15) is 0 Å². The summed E-state index contributed by atoms with van der Waals surface area (Å²) < 4.78 is 21.7. The molecule has 0 spiro atoms. The largest absolute Gasteiger partial charge is 0.454 e. The number of fused-ring (bicyclic) bond motifs is 2. The average Bonchev–Trinajstić information content (AvgIpc) is 3.60. The number of aromatic nitrogens is 2. The number of rotatable bonds is 5. The summed E-state index contributed by atoms with van der Waals surface area (Å²) in [5, 5.41) is 3.68. The molecule has 1 aliphatic heterocycles. The molecule has 0 saturated carbocycles. The lowest BCUT2D eigenvalue weighted by atomic mass is 9.95. The van der Waals surface area contributed by atoms with Gasteiger partial charge in [0.2, 0.25) is 12.7 Å². The normalized spacial score (nSPS) is 12.9. The van der Waals surface area contributed by atoms with E-state index in [9.17, 15) is 9.59 Å². The van der Waals surface area contributed by atoms with E-state index in [-0.39, 0.29) is 29.4 Å². The van der Waals surface area contributed by atoms with Crippen LogP contribution in [0.1, 0.15) is 17.2 Å². The molecule has 3 aromatic carbocycles. The maximum absolute atomic E-state index is 13.9. The van der Waals surface area contributed by atoms with Gasteiger partial charge in [0.1, 0.15) is 17.7 Å². The highest BCUT2D eigenvalue weighted by atomic mass is 35.5. The molecule has 2 aromatic heterocycles. The highest BCUT2D eigenvalue weighted by Crippen LogP contribution is 2.35. The Morgan fingerprint density at radius 1 is 1.05 bits per heavy atom. The molecule has 0 bridgehead atoms. The molecular formula is C27H18ClN3O6. The Balaban J connectivity index is 1.45. The van der Waals surface area contributed by atoms with E-state index < -0.39 is 12.1 Å². The molecule has 0 radical (unpaired) electrons. The number of pyridine rings is 1. The highest BCUT2D eigenvalue weighted by Gasteiger charge is 2.28. The predicted octanol–water partition coefficient (Wildman–Crippen LogP) is 5.44. The van der Waals surface area contributed by atoms with E-state index in [1.165, 1.54) is 12.5 Å². The summed E-state index contributed by atoms with van der Waals surface area (Å²) in [5.41, 5.74) is 1.37. The van der Waals surface area contributed by atoms with Gasteiger partial charge in [-0.3, -0.25) is 4.79 Å². The Morgan fingerprint density at radius 2 is 1.89 bits per heavy atom. The van der Waals surface area contributed by atoms with E-state index in [1.807, 2.05) is 18.2 Å². The summed E-state index contributed by atoms with van der Waals surface area (Å²) in [6, 6.07) is 17.9. The van der Waals surface area contributed by atoms with E-state index in [0.717, 1.165) is 0 Å². The van der Waals surface area contributed by atoms with Gasteiger partial charge < -0.3 is 28.9 Å². The molecule has 0 aliphatic carbocycles. The van der Waals surface area contributed by atoms with Crippen molar-refractivity contribution < 1.29 is 23.4 Å². The van der Waals surface area contributed by atoms with Crippen LogP contribution in [0.2, 0.25) is 5.02 Å². The summed E-state index contributed by atoms with van der Waals surface area (Å²) >= 11 is 6.18. The number of nitrogens with zero attached hydrogens (tertiary/aromatic N) is 1. The Kier molecular flexibility index (Phi) is 5.74. The number of halogens is 1. The van der Waals surface area contributed by atoms with Gasteiger partial charge in [-0.1, -0.05) is 41.9 Å². The first-order chi connectivity index (χ1) is 18.1. The number of amides is 1. The molecule has 0 saturated heterocycles. The lowest BCUT2D eigenvalue weighted by molar-refractivity contribution is 0.173. The van der Waals surface area contributed by atoms with Crippen LogP contribution in [0.3, 0.4) is 0 Å². The third kappa shape index (κ3) is 4.36. The van der Waals surface area contributed by atoms with Crippen LogP contribution in [0.5, 0.6) is 17.2 Å². The number of H-pyrrole nitrogens is 1. The number of hydrogen-bond acceptors (Lipinski definition) is 7. The number of benzene rings is 3. The van der Waals surface area contributed by atoms with Gasteiger partial charge in [0.25, 0.3) is 0 Å². The van der Waals surface area contributed by atoms with Crippen molar-refractivity contribution in [3.05, 3.63) is 106 Å². The summed E-state index contributed by atoms with van der Waals surface area (Å²) in [7, 11) is 0. The van der Waals surface area contributed by atoms with Crippen LogP contribution in [-0.2, 0) is 0 Å². The zero-order valence-electron chi connectivity index (χ0n) is 19.1. The van der Waals surface area contributed by atoms with Crippen molar-refractivity contribution in [2.45, 2.75) is 6.04 Å². The van der Waals surface area contributed by atoms with Crippen LogP contribution in [0.15, 0.2) is 88.4 Å². The van der Waals surface area contributed by atoms with Gasteiger partial charge in [0.15, 0.2) is 16.9 Å². The first-order valence-electron chi connectivity index (χ1n) is 11.2. The van der Waals surface area contributed by atoms with E-state index in [2.05, 4.69) is 15.3 Å². The van der Waals surface area contributed by atoms with Crippen LogP contribution >= 0.6 is 11.6 Å². The van der Waals surface area contributed by atoms with Gasteiger partial charge >= 0.3 is 6.09 Å². The molecule has 1 atom stereocenters. The van der Waals surface area contributed by atoms with Crippen LogP contribution in [-0.4, -0.2) is 22.9 Å². The van der Waals surface area contributed by atoms with E-state index in [1.54, 1.807) is 48.5 Å². The summed E-state index contributed by atoms with van der Waals surface area (Å²) in [6.07, 6.45) is 2.10. The molecule has 5 aromatic rings. The summed E-state index contributed by atoms with van der Waals surface area (Å²) in [6.45, 7) is 0.0978. The van der Waals surface area contributed by atoms with Gasteiger partial charge in [-0.15, -0.1) is 0 Å². The van der Waals surface area contributed by atoms with Crippen LogP contribution in [0.4, 0.5) is 4.79 Å². The molecule has 37 heavy (non-hydrogen) atoms. The van der Waals surface area contributed by atoms with Gasteiger partial charge in [0, 0.05) is 16.5 Å². The first kappa shape index (κ1) is 22.7. The maximum Gasteiger partial charge on any atom is 0.413 e. The molecule has 1 aliphatic rings. The number of carbonyl (C=O) groups is 1. The van der Waals surface area contributed by atoms with Crippen molar-refractivity contribution >= 4 is 28.6 Å². The van der Waals surface area contributed by atoms with Gasteiger partial charge in [0.05, 0.1) is 23.3 Å². The third-order valence-electron chi connectivity index (χ3n) is 5.88. The number of oxazole rings is 1. The average molecular weight is 516 g/mol. The number of carbonyl (C=O) groups excluding carboxylic acids is 1. The zero-order chi connectivity index (χ0) is 25.4. The minimum absolute atomic E-state index is 0.0978. The van der Waals surface area contributed by atoms with Crippen LogP contribution in [0.25, 0.3) is 22.5 Å². The molecule has 1 unspecified atom stereocenters. The van der Waals surface area contributed by atoms with E-state index in [0.29, 0.717) is 38.7 Å². The Labute approximate surface area is 214 Å². The minimum Gasteiger partial charge on any atom is -0.454 e. The number of ether oxygens (including phenoxy) is 3. The van der Waals surface area contributed by atoms with Gasteiger partial charge in [-0.25, -0.2) is 9.78 Å². The monoisotopic (exact) mass is 515 g/mol. The number of nitrogens with one attached hydrogen (secondary N) is 2. The molecule has 3 heterocycles. The van der Waals surface area contributed by atoms with Crippen LogP contribution < -0.4 is 25.0 Å². The maximum atomic E-state index is 13.9. The molecule has 1 amide bonds. The SMILES string of the molecule is O=C(NC(c1ccccc1)c1c(-c2ncco2)[nH]c2cc(Cl)ccc2c1=O)Oc1ccc2c(c1)OCO2. The topological polar surface area (TPSA) is 116 Å². The molecular weight excluding hydrogens is 498 g/mol. The van der Waals surface area contributed by atoms with Crippen molar-refractivity contribution in [1.82, 2.24) is 15.3 Å². The zero-order valence-corrected chi connectivity index (χ0v) is 19.8. The second-order valence-corrected chi connectivity index (χ2v) is 8.60. The van der Waals surface area contributed by atoms with Crippen molar-refractivity contribution in [3.63, 3.8) is 0 Å². The third-order valence-corrected chi connectivity index (χ3v) is 6.12. The Hall–Kier alpha value is -4.76. The smallest absolute Gasteiger partial charge is 0.413 e. The van der Waals surface area contributed by atoms with Crippen molar-refractivity contribution in [2.24, 2.45) is 0 Å². The fraction of sp³-hybridized carbons (Fsp3) is 0.0741. The second kappa shape index (κ2) is 9.36.